The zero-order valence-electron chi connectivity index (χ0n) is 19.4. The summed E-state index contributed by atoms with van der Waals surface area (Å²) in [4.78, 5) is 27.4. The number of amides is 2. The molecule has 3 aromatic carbocycles. The van der Waals surface area contributed by atoms with E-state index in [0.29, 0.717) is 13.0 Å². The van der Waals surface area contributed by atoms with Crippen LogP contribution in [-0.4, -0.2) is 26.8 Å². The molecule has 8 heteroatoms. The number of sulfonamides is 1. The van der Waals surface area contributed by atoms with Crippen molar-refractivity contribution in [3.8, 4) is 0 Å². The summed E-state index contributed by atoms with van der Waals surface area (Å²) in [5.41, 5.74) is 3.02. The van der Waals surface area contributed by atoms with Gasteiger partial charge < -0.3 is 10.2 Å². The summed E-state index contributed by atoms with van der Waals surface area (Å²) in [6.45, 7) is 2.45. The van der Waals surface area contributed by atoms with Gasteiger partial charge in [0.2, 0.25) is 5.91 Å². The van der Waals surface area contributed by atoms with Crippen molar-refractivity contribution in [2.45, 2.75) is 37.1 Å². The number of hydrogen-bond donors (Lipinski definition) is 2. The molecule has 1 fully saturated rings. The minimum Gasteiger partial charge on any atom is -0.345 e. The monoisotopic (exact) mass is 489 g/mol. The van der Waals surface area contributed by atoms with Crippen molar-refractivity contribution in [3.63, 3.8) is 0 Å². The number of anilines is 2. The molecule has 1 saturated carbocycles. The largest absolute Gasteiger partial charge is 0.345 e. The standard InChI is InChI=1S/C27H27N3O4S/c1-18(19-7-3-2-4-8-19)28-26(31)23-9-5-6-10-24(23)29-35(33,34)22-13-14-25-21(17-22)15-16-30(25)27(32)20-11-12-20/h2-10,13-14,17-18,20,29H,11-12,15-16H2,1H3,(H,28,31). The first-order valence-electron chi connectivity index (χ1n) is 11.8. The van der Waals surface area contributed by atoms with Crippen LogP contribution in [0.3, 0.4) is 0 Å². The van der Waals surface area contributed by atoms with Crippen LogP contribution in [0.25, 0.3) is 0 Å². The average Bonchev–Trinajstić information content (AvgIpc) is 3.63. The van der Waals surface area contributed by atoms with Crippen molar-refractivity contribution in [2.24, 2.45) is 5.92 Å². The van der Waals surface area contributed by atoms with Crippen molar-refractivity contribution in [1.82, 2.24) is 5.32 Å². The second-order valence-electron chi connectivity index (χ2n) is 9.06. The van der Waals surface area contributed by atoms with Crippen LogP contribution in [0.15, 0.2) is 77.7 Å². The predicted molar refractivity (Wildman–Crippen MR) is 135 cm³/mol. The Bertz CT molecular complexity index is 1380. The third-order valence-electron chi connectivity index (χ3n) is 6.51. The minimum atomic E-state index is -3.95. The second kappa shape index (κ2) is 9.19. The Hall–Kier alpha value is -3.65. The van der Waals surface area contributed by atoms with Crippen molar-refractivity contribution >= 4 is 33.2 Å². The van der Waals surface area contributed by atoms with E-state index in [0.717, 1.165) is 29.7 Å². The molecule has 0 radical (unpaired) electrons. The van der Waals surface area contributed by atoms with E-state index in [1.54, 1.807) is 41.3 Å². The molecule has 7 nitrogen and oxygen atoms in total. The van der Waals surface area contributed by atoms with Gasteiger partial charge in [0.25, 0.3) is 15.9 Å². The second-order valence-corrected chi connectivity index (χ2v) is 10.7. The molecule has 1 aliphatic heterocycles. The number of nitrogens with zero attached hydrogens (tertiary/aromatic N) is 1. The van der Waals surface area contributed by atoms with Gasteiger partial charge >= 0.3 is 0 Å². The molecule has 180 valence electrons. The SMILES string of the molecule is CC(NC(=O)c1ccccc1NS(=O)(=O)c1ccc2c(c1)CCN2C(=O)C1CC1)c1ccccc1. The molecule has 2 amide bonds. The molecule has 2 aliphatic rings. The number of rotatable bonds is 7. The molecule has 1 atom stereocenters. The zero-order valence-corrected chi connectivity index (χ0v) is 20.2. The molecular formula is C27H27N3O4S. The van der Waals surface area contributed by atoms with Crippen molar-refractivity contribution in [2.75, 3.05) is 16.2 Å². The summed E-state index contributed by atoms with van der Waals surface area (Å²) < 4.78 is 29.0. The Labute approximate surface area is 205 Å². The van der Waals surface area contributed by atoms with E-state index in [2.05, 4.69) is 10.0 Å². The van der Waals surface area contributed by atoms with Gasteiger partial charge in [-0.1, -0.05) is 42.5 Å². The lowest BCUT2D eigenvalue weighted by Crippen LogP contribution is -2.30. The van der Waals surface area contributed by atoms with Crippen LogP contribution in [0.5, 0.6) is 0 Å². The fourth-order valence-corrected chi connectivity index (χ4v) is 5.53. The highest BCUT2D eigenvalue weighted by Gasteiger charge is 2.36. The third-order valence-corrected chi connectivity index (χ3v) is 7.88. The third kappa shape index (κ3) is 4.79. The highest BCUT2D eigenvalue weighted by molar-refractivity contribution is 7.92. The van der Waals surface area contributed by atoms with Crippen LogP contribution in [0, 0.1) is 5.92 Å². The first kappa shape index (κ1) is 23.1. The van der Waals surface area contributed by atoms with Crippen molar-refractivity contribution in [3.05, 3.63) is 89.5 Å². The average molecular weight is 490 g/mol. The Morgan fingerprint density at radius 2 is 1.69 bits per heavy atom. The zero-order chi connectivity index (χ0) is 24.6. The molecule has 2 N–H and O–H groups in total. The number of fused-ring (bicyclic) bond motifs is 1. The highest BCUT2D eigenvalue weighted by atomic mass is 32.2. The molecule has 0 aromatic heterocycles. The molecule has 5 rings (SSSR count). The Kier molecular flexibility index (Phi) is 6.06. The molecule has 0 bridgehead atoms. The van der Waals surface area contributed by atoms with E-state index in [1.165, 1.54) is 6.07 Å². The fourth-order valence-electron chi connectivity index (χ4n) is 4.40. The smallest absolute Gasteiger partial charge is 0.261 e. The van der Waals surface area contributed by atoms with E-state index >= 15 is 0 Å². The maximum absolute atomic E-state index is 13.2. The first-order chi connectivity index (χ1) is 16.8. The summed E-state index contributed by atoms with van der Waals surface area (Å²) in [6, 6.07) is 20.7. The summed E-state index contributed by atoms with van der Waals surface area (Å²) in [5.74, 6) is -0.136. The lowest BCUT2D eigenvalue weighted by atomic mass is 10.1. The quantitative estimate of drug-likeness (QED) is 0.518. The van der Waals surface area contributed by atoms with Gasteiger partial charge in [0.1, 0.15) is 0 Å². The molecule has 0 spiro atoms. The van der Waals surface area contributed by atoms with Crippen LogP contribution in [0.4, 0.5) is 11.4 Å². The van der Waals surface area contributed by atoms with Gasteiger partial charge in [0.15, 0.2) is 0 Å². The summed E-state index contributed by atoms with van der Waals surface area (Å²) in [7, 11) is -3.95. The van der Waals surface area contributed by atoms with E-state index < -0.39 is 10.0 Å². The van der Waals surface area contributed by atoms with Crippen LogP contribution < -0.4 is 14.9 Å². The molecular weight excluding hydrogens is 462 g/mol. The van der Waals surface area contributed by atoms with Gasteiger partial charge in [-0.15, -0.1) is 0 Å². The molecule has 1 heterocycles. The number of benzene rings is 3. The number of carbonyl (C=O) groups is 2. The molecule has 0 saturated heterocycles. The highest BCUT2D eigenvalue weighted by Crippen LogP contribution is 2.37. The molecule has 1 aliphatic carbocycles. The lowest BCUT2D eigenvalue weighted by Gasteiger charge is -2.18. The van der Waals surface area contributed by atoms with Crippen LogP contribution in [-0.2, 0) is 21.2 Å². The normalized spacial score (nSPS) is 15.9. The molecule has 3 aromatic rings. The maximum Gasteiger partial charge on any atom is 0.261 e. The van der Waals surface area contributed by atoms with Crippen LogP contribution in [0.2, 0.25) is 0 Å². The summed E-state index contributed by atoms with van der Waals surface area (Å²) >= 11 is 0. The summed E-state index contributed by atoms with van der Waals surface area (Å²) in [5, 5.41) is 2.93. The minimum absolute atomic E-state index is 0.102. The lowest BCUT2D eigenvalue weighted by molar-refractivity contribution is -0.119. The van der Waals surface area contributed by atoms with E-state index in [9.17, 15) is 18.0 Å². The van der Waals surface area contributed by atoms with E-state index in [4.69, 9.17) is 0 Å². The summed E-state index contributed by atoms with van der Waals surface area (Å²) in [6.07, 6.45) is 2.48. The number of nitrogens with one attached hydrogen (secondary N) is 2. The van der Waals surface area contributed by atoms with Gasteiger partial charge in [-0.2, -0.15) is 0 Å². The predicted octanol–water partition coefficient (Wildman–Crippen LogP) is 4.28. The van der Waals surface area contributed by atoms with Gasteiger partial charge in [-0.05, 0) is 67.6 Å². The van der Waals surface area contributed by atoms with Gasteiger partial charge in [0.05, 0.1) is 22.2 Å². The molecule has 1 unspecified atom stereocenters. The molecule has 35 heavy (non-hydrogen) atoms. The maximum atomic E-state index is 13.2. The van der Waals surface area contributed by atoms with Crippen LogP contribution in [0.1, 0.15) is 47.3 Å². The van der Waals surface area contributed by atoms with Gasteiger partial charge in [0, 0.05) is 18.2 Å². The van der Waals surface area contributed by atoms with Crippen LogP contribution >= 0.6 is 0 Å². The van der Waals surface area contributed by atoms with E-state index in [-0.39, 0.29) is 39.9 Å². The van der Waals surface area contributed by atoms with E-state index in [1.807, 2.05) is 37.3 Å². The van der Waals surface area contributed by atoms with Gasteiger partial charge in [-0.3, -0.25) is 14.3 Å². The first-order valence-corrected chi connectivity index (χ1v) is 13.2. The Balaban J connectivity index is 1.35. The number of para-hydroxylation sites is 1. The fraction of sp³-hybridized carbons (Fsp3) is 0.259. The van der Waals surface area contributed by atoms with Gasteiger partial charge in [-0.25, -0.2) is 8.42 Å². The number of carbonyl (C=O) groups excluding carboxylic acids is 2. The Morgan fingerprint density at radius 1 is 0.971 bits per heavy atom. The Morgan fingerprint density at radius 3 is 2.43 bits per heavy atom. The topological polar surface area (TPSA) is 95.6 Å². The van der Waals surface area contributed by atoms with Crippen molar-refractivity contribution < 1.29 is 18.0 Å². The number of hydrogen-bond acceptors (Lipinski definition) is 4. The van der Waals surface area contributed by atoms with Crippen molar-refractivity contribution in [1.29, 1.82) is 0 Å².